The quantitative estimate of drug-likeness (QED) is 0.423. The summed E-state index contributed by atoms with van der Waals surface area (Å²) < 4.78 is 0. The van der Waals surface area contributed by atoms with E-state index in [0.29, 0.717) is 5.25 Å². The van der Waals surface area contributed by atoms with Gasteiger partial charge in [0, 0.05) is 11.8 Å². The highest BCUT2D eigenvalue weighted by atomic mass is 32.1. The molecule has 1 saturated heterocycles. The van der Waals surface area contributed by atoms with Crippen LogP contribution in [0.15, 0.2) is 0 Å². The highest BCUT2D eigenvalue weighted by Crippen LogP contribution is 2.07. The van der Waals surface area contributed by atoms with Gasteiger partial charge in [0.05, 0.1) is 0 Å². The van der Waals surface area contributed by atoms with Gasteiger partial charge in [-0.3, -0.25) is 0 Å². The van der Waals surface area contributed by atoms with Gasteiger partial charge in [-0.1, -0.05) is 0 Å². The molecule has 0 bridgehead atoms. The molecule has 0 spiro atoms. The van der Waals surface area contributed by atoms with Crippen LogP contribution in [0.25, 0.3) is 0 Å². The van der Waals surface area contributed by atoms with Crippen LogP contribution in [0.5, 0.6) is 0 Å². The topological polar surface area (TPSA) is 12.0 Å². The van der Waals surface area contributed by atoms with Crippen molar-refractivity contribution < 1.29 is 0 Å². The maximum atomic E-state index is 4.17. The van der Waals surface area contributed by atoms with E-state index in [1.807, 2.05) is 6.54 Å². The number of thiol groups is 1. The van der Waals surface area contributed by atoms with Crippen LogP contribution in [0, 0.1) is 6.54 Å². The van der Waals surface area contributed by atoms with Crippen LogP contribution in [0.4, 0.5) is 0 Å². The van der Waals surface area contributed by atoms with Gasteiger partial charge >= 0.3 is 0 Å². The smallest absolute Gasteiger partial charge is 0.0349 e. The highest BCUT2D eigenvalue weighted by Gasteiger charge is 2.07. The Balaban J connectivity index is 2.18. The molecule has 6 heavy (non-hydrogen) atoms. The van der Waals surface area contributed by atoms with E-state index in [1.54, 1.807) is 0 Å². The molecular weight excluding hydrogens is 94.1 g/mol. The van der Waals surface area contributed by atoms with Crippen molar-refractivity contribution in [2.75, 3.05) is 6.54 Å². The average molecular weight is 102 g/mol. The summed E-state index contributed by atoms with van der Waals surface area (Å²) in [6, 6.07) is 0. The van der Waals surface area contributed by atoms with Crippen LogP contribution in [-0.2, 0) is 0 Å². The molecule has 0 aliphatic carbocycles. The van der Waals surface area contributed by atoms with Crippen molar-refractivity contribution in [2.45, 2.75) is 11.7 Å². The maximum absolute atomic E-state index is 4.17. The van der Waals surface area contributed by atoms with E-state index in [1.165, 1.54) is 6.42 Å². The third kappa shape index (κ3) is 0.884. The minimum absolute atomic E-state index is 0.505. The summed E-state index contributed by atoms with van der Waals surface area (Å²) in [5.41, 5.74) is 0. The molecule has 1 rings (SSSR count). The van der Waals surface area contributed by atoms with E-state index in [2.05, 4.69) is 17.9 Å². The van der Waals surface area contributed by atoms with Gasteiger partial charge in [0.25, 0.3) is 0 Å². The first-order valence-corrected chi connectivity index (χ1v) is 2.66. The summed E-state index contributed by atoms with van der Waals surface area (Å²) in [6.45, 7) is 3.12. The van der Waals surface area contributed by atoms with E-state index in [4.69, 9.17) is 0 Å². The lowest BCUT2D eigenvalue weighted by atomic mass is 10.4. The zero-order chi connectivity index (χ0) is 4.41. The largest absolute Gasteiger partial charge is 0.311 e. The third-order valence-electron chi connectivity index (χ3n) is 0.895. The lowest BCUT2D eigenvalue weighted by Crippen LogP contribution is -2.00. The maximum Gasteiger partial charge on any atom is 0.0349 e. The molecule has 1 heterocycles. The van der Waals surface area contributed by atoms with Crippen LogP contribution in [0.3, 0.4) is 0 Å². The first-order chi connectivity index (χ1) is 2.89. The molecule has 1 aliphatic heterocycles. The molecule has 0 amide bonds. The summed E-state index contributed by atoms with van der Waals surface area (Å²) in [4.78, 5) is 0. The first-order valence-electron chi connectivity index (χ1n) is 2.14. The lowest BCUT2D eigenvalue weighted by molar-refractivity contribution is 0.905. The Hall–Kier alpha value is 0.310. The Bertz CT molecular complexity index is 40.8. The van der Waals surface area contributed by atoms with Crippen molar-refractivity contribution in [3.8, 4) is 0 Å². The standard InChI is InChI=1S/C4H8NS/c6-4-1-2-5-3-4/h3-6H,1-2H2. The second kappa shape index (κ2) is 1.85. The van der Waals surface area contributed by atoms with Crippen LogP contribution in [0.2, 0.25) is 0 Å². The second-order valence-corrected chi connectivity index (χ2v) is 2.14. The molecular formula is C4H8NS. The van der Waals surface area contributed by atoms with Gasteiger partial charge in [-0.15, -0.1) is 0 Å². The van der Waals surface area contributed by atoms with Gasteiger partial charge in [0.15, 0.2) is 0 Å². The predicted octanol–water partition coefficient (Wildman–Crippen LogP) is 0.440. The van der Waals surface area contributed by atoms with Gasteiger partial charge in [0.1, 0.15) is 0 Å². The molecule has 2 heteroatoms. The minimum atomic E-state index is 0.505. The number of hydrogen-bond acceptors (Lipinski definition) is 2. The van der Waals surface area contributed by atoms with Gasteiger partial charge in [-0.05, 0) is 13.0 Å². The molecule has 0 saturated carbocycles. The van der Waals surface area contributed by atoms with Gasteiger partial charge in [-0.2, -0.15) is 12.6 Å². The van der Waals surface area contributed by atoms with E-state index >= 15 is 0 Å². The fourth-order valence-electron chi connectivity index (χ4n) is 0.534. The van der Waals surface area contributed by atoms with Crippen molar-refractivity contribution >= 4 is 12.6 Å². The minimum Gasteiger partial charge on any atom is -0.311 e. The van der Waals surface area contributed by atoms with Crippen molar-refractivity contribution in [3.63, 3.8) is 0 Å². The Kier molecular flexibility index (Phi) is 1.37. The Labute approximate surface area is 43.5 Å². The third-order valence-corrected chi connectivity index (χ3v) is 1.30. The molecule has 1 atom stereocenters. The molecule has 1 aliphatic rings. The molecule has 1 N–H and O–H groups in total. The molecule has 0 aromatic heterocycles. The zero-order valence-electron chi connectivity index (χ0n) is 3.52. The predicted molar refractivity (Wildman–Crippen MR) is 29.7 cm³/mol. The summed E-state index contributed by atoms with van der Waals surface area (Å²) in [6.07, 6.45) is 1.18. The molecule has 0 aromatic rings. The molecule has 1 nitrogen and oxygen atoms in total. The summed E-state index contributed by atoms with van der Waals surface area (Å²) in [5.74, 6) is 0. The van der Waals surface area contributed by atoms with Gasteiger partial charge in [-0.25, -0.2) is 0 Å². The van der Waals surface area contributed by atoms with Gasteiger partial charge < -0.3 is 5.32 Å². The highest BCUT2D eigenvalue weighted by molar-refractivity contribution is 7.81. The summed E-state index contributed by atoms with van der Waals surface area (Å²) in [5, 5.41) is 3.58. The fraction of sp³-hybridized carbons (Fsp3) is 0.750. The van der Waals surface area contributed by atoms with E-state index < -0.39 is 0 Å². The Morgan fingerprint density at radius 2 is 2.67 bits per heavy atom. The monoisotopic (exact) mass is 102 g/mol. The number of nitrogens with one attached hydrogen (secondary N) is 1. The molecule has 1 fully saturated rings. The van der Waals surface area contributed by atoms with Crippen LogP contribution in [0.1, 0.15) is 6.42 Å². The van der Waals surface area contributed by atoms with Crippen molar-refractivity contribution in [3.05, 3.63) is 6.54 Å². The molecule has 35 valence electrons. The van der Waals surface area contributed by atoms with Crippen molar-refractivity contribution in [1.82, 2.24) is 5.32 Å². The normalized spacial score (nSPS) is 34.5. The molecule has 1 unspecified atom stereocenters. The SMILES string of the molecule is SC1[CH]NCC1. The Morgan fingerprint density at radius 1 is 1.83 bits per heavy atom. The molecule has 1 radical (unpaired) electrons. The first kappa shape index (κ1) is 4.47. The number of rotatable bonds is 0. The second-order valence-electron chi connectivity index (χ2n) is 1.48. The molecule has 0 aromatic carbocycles. The van der Waals surface area contributed by atoms with Crippen molar-refractivity contribution in [2.24, 2.45) is 0 Å². The number of hydrogen-bond donors (Lipinski definition) is 2. The zero-order valence-corrected chi connectivity index (χ0v) is 4.41. The van der Waals surface area contributed by atoms with Crippen LogP contribution >= 0.6 is 12.6 Å². The van der Waals surface area contributed by atoms with E-state index in [-0.39, 0.29) is 0 Å². The summed E-state index contributed by atoms with van der Waals surface area (Å²) >= 11 is 4.17. The van der Waals surface area contributed by atoms with Gasteiger partial charge in [0.2, 0.25) is 0 Å². The van der Waals surface area contributed by atoms with Crippen LogP contribution < -0.4 is 5.32 Å². The Morgan fingerprint density at radius 3 is 2.83 bits per heavy atom. The van der Waals surface area contributed by atoms with E-state index in [0.717, 1.165) is 6.54 Å². The lowest BCUT2D eigenvalue weighted by Gasteiger charge is -1.88. The summed E-state index contributed by atoms with van der Waals surface area (Å²) in [7, 11) is 0. The average Bonchev–Trinajstić information content (AvgIpc) is 1.86. The fourth-order valence-corrected chi connectivity index (χ4v) is 0.768. The van der Waals surface area contributed by atoms with E-state index in [9.17, 15) is 0 Å². The van der Waals surface area contributed by atoms with Crippen LogP contribution in [-0.4, -0.2) is 11.8 Å². The van der Waals surface area contributed by atoms with Crippen molar-refractivity contribution in [1.29, 1.82) is 0 Å².